The van der Waals surface area contributed by atoms with Gasteiger partial charge in [-0.05, 0) is 72.6 Å². The Morgan fingerprint density at radius 3 is 2.30 bits per heavy atom. The summed E-state index contributed by atoms with van der Waals surface area (Å²) in [5.41, 5.74) is 1.60. The first kappa shape index (κ1) is 22.8. The van der Waals surface area contributed by atoms with Crippen LogP contribution in [0.3, 0.4) is 0 Å². The van der Waals surface area contributed by atoms with Gasteiger partial charge in [-0.15, -0.1) is 0 Å². The largest absolute Gasteiger partial charge is 0.497 e. The van der Waals surface area contributed by atoms with Crippen molar-refractivity contribution in [2.24, 2.45) is 0 Å². The van der Waals surface area contributed by atoms with Gasteiger partial charge in [-0.1, -0.05) is 23.7 Å². The van der Waals surface area contributed by atoms with Crippen LogP contribution in [-0.2, 0) is 16.3 Å². The van der Waals surface area contributed by atoms with Gasteiger partial charge in [-0.25, -0.2) is 12.8 Å². The van der Waals surface area contributed by atoms with E-state index in [-0.39, 0.29) is 21.7 Å². The summed E-state index contributed by atoms with van der Waals surface area (Å²) in [7, 11) is -2.46. The zero-order chi connectivity index (χ0) is 23.4. The summed E-state index contributed by atoms with van der Waals surface area (Å²) in [4.78, 5) is 4.17. The van der Waals surface area contributed by atoms with E-state index >= 15 is 0 Å². The second kappa shape index (κ2) is 9.64. The molecule has 9 heteroatoms. The molecule has 0 bridgehead atoms. The van der Waals surface area contributed by atoms with Crippen LogP contribution in [0.25, 0.3) is 11.5 Å². The number of sulfone groups is 1. The van der Waals surface area contributed by atoms with Gasteiger partial charge in [0.2, 0.25) is 26.6 Å². The number of oxazole rings is 1. The van der Waals surface area contributed by atoms with Crippen LogP contribution in [-0.4, -0.2) is 27.1 Å². The van der Waals surface area contributed by atoms with Gasteiger partial charge in [-0.3, -0.25) is 0 Å². The Hall–Kier alpha value is -3.36. The number of ether oxygens (including phenoxy) is 1. The summed E-state index contributed by atoms with van der Waals surface area (Å²) in [5.74, 6) is 0.355. The van der Waals surface area contributed by atoms with Gasteiger partial charge in [0.1, 0.15) is 11.6 Å². The van der Waals surface area contributed by atoms with E-state index in [1.165, 1.54) is 12.1 Å². The van der Waals surface area contributed by atoms with Gasteiger partial charge in [0.25, 0.3) is 0 Å². The van der Waals surface area contributed by atoms with Crippen molar-refractivity contribution in [1.82, 2.24) is 4.98 Å². The SMILES string of the molecule is COc1ccc(CCNc2oc(-c3ccc(Cl)cc3)nc2S(=O)(=O)c2ccc(F)cc2)cc1. The van der Waals surface area contributed by atoms with Crippen LogP contribution in [0.5, 0.6) is 5.75 Å². The molecule has 0 aliphatic heterocycles. The molecule has 6 nitrogen and oxygen atoms in total. The standard InChI is InChI=1S/C24H20ClFN2O4S/c1-31-20-10-2-16(3-11-20)14-15-27-23-24(33(29,30)21-12-8-19(26)9-13-21)28-22(32-23)17-4-6-18(25)7-5-17/h2-13,27H,14-15H2,1H3. The molecule has 0 atom stereocenters. The average molecular weight is 487 g/mol. The molecule has 0 radical (unpaired) electrons. The normalized spacial score (nSPS) is 11.4. The maximum Gasteiger partial charge on any atom is 0.233 e. The molecule has 4 rings (SSSR count). The van der Waals surface area contributed by atoms with Crippen LogP contribution in [0.4, 0.5) is 10.3 Å². The number of nitrogens with one attached hydrogen (secondary N) is 1. The number of halogens is 2. The van der Waals surface area contributed by atoms with E-state index in [2.05, 4.69) is 10.3 Å². The molecular weight excluding hydrogens is 467 g/mol. The fraction of sp³-hybridized carbons (Fsp3) is 0.125. The van der Waals surface area contributed by atoms with Crippen LogP contribution in [0.1, 0.15) is 5.56 Å². The molecule has 1 N–H and O–H groups in total. The molecule has 1 aromatic heterocycles. The highest BCUT2D eigenvalue weighted by atomic mass is 35.5. The zero-order valence-electron chi connectivity index (χ0n) is 17.6. The van der Waals surface area contributed by atoms with Crippen LogP contribution in [0.15, 0.2) is 87.1 Å². The quantitative estimate of drug-likeness (QED) is 0.325. The third-order valence-corrected chi connectivity index (χ3v) is 6.85. The first-order chi connectivity index (χ1) is 15.9. The summed E-state index contributed by atoms with van der Waals surface area (Å²) >= 11 is 5.95. The monoisotopic (exact) mass is 486 g/mol. The number of rotatable bonds is 8. The van der Waals surface area contributed by atoms with Crippen LogP contribution >= 0.6 is 11.6 Å². The van der Waals surface area contributed by atoms with Crippen molar-refractivity contribution >= 4 is 27.3 Å². The van der Waals surface area contributed by atoms with Crippen LogP contribution in [0, 0.1) is 5.82 Å². The average Bonchev–Trinajstić information content (AvgIpc) is 3.25. The van der Waals surface area contributed by atoms with Crippen molar-refractivity contribution in [1.29, 1.82) is 0 Å². The molecule has 0 aliphatic rings. The molecule has 0 spiro atoms. The number of hydrogen-bond acceptors (Lipinski definition) is 6. The molecule has 0 saturated carbocycles. The lowest BCUT2D eigenvalue weighted by atomic mass is 10.1. The fourth-order valence-corrected chi connectivity index (χ4v) is 4.56. The summed E-state index contributed by atoms with van der Waals surface area (Å²) in [6.07, 6.45) is 0.608. The van der Waals surface area contributed by atoms with E-state index in [9.17, 15) is 12.8 Å². The highest BCUT2D eigenvalue weighted by Crippen LogP contribution is 2.33. The predicted octanol–water partition coefficient (Wildman–Crippen LogP) is 5.63. The summed E-state index contributed by atoms with van der Waals surface area (Å²) in [6.45, 7) is 0.396. The Morgan fingerprint density at radius 1 is 1.00 bits per heavy atom. The molecule has 0 amide bonds. The van der Waals surface area contributed by atoms with E-state index in [1.54, 1.807) is 31.4 Å². The van der Waals surface area contributed by atoms with E-state index < -0.39 is 15.7 Å². The molecule has 0 aliphatic carbocycles. The Morgan fingerprint density at radius 2 is 1.67 bits per heavy atom. The van der Waals surface area contributed by atoms with Crippen molar-refractivity contribution in [3.63, 3.8) is 0 Å². The minimum Gasteiger partial charge on any atom is -0.497 e. The van der Waals surface area contributed by atoms with Crippen molar-refractivity contribution in [2.75, 3.05) is 19.0 Å². The molecule has 170 valence electrons. The van der Waals surface area contributed by atoms with Crippen molar-refractivity contribution in [3.8, 4) is 17.2 Å². The van der Waals surface area contributed by atoms with Gasteiger partial charge in [0.15, 0.2) is 0 Å². The summed E-state index contributed by atoms with van der Waals surface area (Å²) in [6, 6.07) is 18.8. The van der Waals surface area contributed by atoms with Crippen LogP contribution in [0.2, 0.25) is 5.02 Å². The van der Waals surface area contributed by atoms with Crippen LogP contribution < -0.4 is 10.1 Å². The van der Waals surface area contributed by atoms with E-state index in [0.29, 0.717) is 23.6 Å². The third-order valence-electron chi connectivity index (χ3n) is 4.92. The van der Waals surface area contributed by atoms with E-state index in [0.717, 1.165) is 23.4 Å². The highest BCUT2D eigenvalue weighted by Gasteiger charge is 2.28. The molecule has 33 heavy (non-hydrogen) atoms. The van der Waals surface area contributed by atoms with E-state index in [4.69, 9.17) is 20.8 Å². The number of nitrogens with zero attached hydrogens (tertiary/aromatic N) is 1. The zero-order valence-corrected chi connectivity index (χ0v) is 19.2. The van der Waals surface area contributed by atoms with Gasteiger partial charge in [0, 0.05) is 17.1 Å². The van der Waals surface area contributed by atoms with Crippen molar-refractivity contribution < 1.29 is 22.0 Å². The van der Waals surface area contributed by atoms with Gasteiger partial charge in [-0.2, -0.15) is 4.98 Å². The minimum absolute atomic E-state index is 0.0118. The number of anilines is 1. The van der Waals surface area contributed by atoms with E-state index in [1.807, 2.05) is 24.3 Å². The number of hydrogen-bond donors (Lipinski definition) is 1. The topological polar surface area (TPSA) is 81.4 Å². The number of methoxy groups -OCH3 is 1. The van der Waals surface area contributed by atoms with Gasteiger partial charge >= 0.3 is 0 Å². The molecule has 0 unspecified atom stereocenters. The molecule has 3 aromatic carbocycles. The maximum absolute atomic E-state index is 13.3. The first-order valence-electron chi connectivity index (χ1n) is 10.0. The fourth-order valence-electron chi connectivity index (χ4n) is 3.15. The molecular formula is C24H20ClFN2O4S. The Kier molecular flexibility index (Phi) is 6.67. The molecule has 1 heterocycles. The summed E-state index contributed by atoms with van der Waals surface area (Å²) in [5, 5.41) is 3.30. The molecule has 0 saturated heterocycles. The number of aromatic nitrogens is 1. The number of benzene rings is 3. The Balaban J connectivity index is 1.64. The second-order valence-corrected chi connectivity index (χ2v) is 9.44. The lowest BCUT2D eigenvalue weighted by molar-refractivity contribution is 0.414. The lowest BCUT2D eigenvalue weighted by Crippen LogP contribution is -2.10. The predicted molar refractivity (Wildman–Crippen MR) is 124 cm³/mol. The van der Waals surface area contributed by atoms with Crippen molar-refractivity contribution in [2.45, 2.75) is 16.3 Å². The van der Waals surface area contributed by atoms with Gasteiger partial charge in [0.05, 0.1) is 12.0 Å². The third kappa shape index (κ3) is 5.18. The highest BCUT2D eigenvalue weighted by molar-refractivity contribution is 7.91. The summed E-state index contributed by atoms with van der Waals surface area (Å²) < 4.78 is 50.8. The Bertz CT molecular complexity index is 1340. The van der Waals surface area contributed by atoms with Crippen molar-refractivity contribution in [3.05, 3.63) is 89.2 Å². The van der Waals surface area contributed by atoms with Gasteiger partial charge < -0.3 is 14.5 Å². The minimum atomic E-state index is -4.06. The molecule has 4 aromatic rings. The smallest absolute Gasteiger partial charge is 0.233 e. The maximum atomic E-state index is 13.3. The second-order valence-electron chi connectivity index (χ2n) is 7.14. The first-order valence-corrected chi connectivity index (χ1v) is 11.9. The lowest BCUT2D eigenvalue weighted by Gasteiger charge is -2.07. The molecule has 0 fully saturated rings. The Labute approximate surface area is 195 Å².